The Bertz CT molecular complexity index is 420. The Morgan fingerprint density at radius 1 is 1.50 bits per heavy atom. The monoisotopic (exact) mass is 248 g/mol. The SMILES string of the molecule is CCC1CCCN(c2ccnc(C(=O)O)c2)CC1. The lowest BCUT2D eigenvalue weighted by atomic mass is 9.98. The van der Waals surface area contributed by atoms with Crippen molar-refractivity contribution in [3.63, 3.8) is 0 Å². The number of rotatable bonds is 3. The molecule has 2 heterocycles. The van der Waals surface area contributed by atoms with Crippen LogP contribution < -0.4 is 4.90 Å². The van der Waals surface area contributed by atoms with E-state index in [0.29, 0.717) is 0 Å². The predicted octanol–water partition coefficient (Wildman–Crippen LogP) is 2.80. The summed E-state index contributed by atoms with van der Waals surface area (Å²) in [6.45, 7) is 4.27. The van der Waals surface area contributed by atoms with Crippen molar-refractivity contribution in [3.05, 3.63) is 24.0 Å². The molecule has 1 aromatic heterocycles. The molecule has 1 fully saturated rings. The van der Waals surface area contributed by atoms with Gasteiger partial charge in [-0.25, -0.2) is 9.78 Å². The molecule has 1 aliphatic rings. The molecule has 0 radical (unpaired) electrons. The molecule has 0 spiro atoms. The zero-order valence-electron chi connectivity index (χ0n) is 10.8. The van der Waals surface area contributed by atoms with Gasteiger partial charge in [0.15, 0.2) is 0 Å². The Morgan fingerprint density at radius 2 is 2.33 bits per heavy atom. The van der Waals surface area contributed by atoms with Crippen molar-refractivity contribution in [3.8, 4) is 0 Å². The molecule has 4 nitrogen and oxygen atoms in total. The minimum atomic E-state index is -0.960. The van der Waals surface area contributed by atoms with E-state index in [4.69, 9.17) is 5.11 Å². The summed E-state index contributed by atoms with van der Waals surface area (Å²) in [5.74, 6) is -0.145. The van der Waals surface area contributed by atoms with Gasteiger partial charge >= 0.3 is 5.97 Å². The van der Waals surface area contributed by atoms with Crippen LogP contribution in [0.25, 0.3) is 0 Å². The van der Waals surface area contributed by atoms with Gasteiger partial charge in [-0.3, -0.25) is 0 Å². The summed E-state index contributed by atoms with van der Waals surface area (Å²) in [6.07, 6.45) is 6.49. The molecule has 1 saturated heterocycles. The van der Waals surface area contributed by atoms with E-state index in [-0.39, 0.29) is 5.69 Å². The number of anilines is 1. The Labute approximate surface area is 108 Å². The van der Waals surface area contributed by atoms with E-state index in [1.165, 1.54) is 25.7 Å². The molecule has 0 aliphatic carbocycles. The molecular formula is C14H20N2O2. The Morgan fingerprint density at radius 3 is 3.06 bits per heavy atom. The lowest BCUT2D eigenvalue weighted by Crippen LogP contribution is -2.24. The van der Waals surface area contributed by atoms with Crippen molar-refractivity contribution in [2.24, 2.45) is 5.92 Å². The number of carboxylic acid groups (broad SMARTS) is 1. The van der Waals surface area contributed by atoms with Gasteiger partial charge < -0.3 is 10.0 Å². The molecule has 0 saturated carbocycles. The van der Waals surface area contributed by atoms with Crippen molar-refractivity contribution in [1.29, 1.82) is 0 Å². The second-order valence-corrected chi connectivity index (χ2v) is 4.90. The van der Waals surface area contributed by atoms with Crippen molar-refractivity contribution < 1.29 is 9.90 Å². The first-order chi connectivity index (χ1) is 8.70. The Balaban J connectivity index is 2.11. The Kier molecular flexibility index (Phi) is 4.18. The average Bonchev–Trinajstić information content (AvgIpc) is 2.64. The first-order valence-electron chi connectivity index (χ1n) is 6.65. The third-order valence-corrected chi connectivity index (χ3v) is 3.75. The summed E-state index contributed by atoms with van der Waals surface area (Å²) in [6, 6.07) is 3.58. The van der Waals surface area contributed by atoms with E-state index >= 15 is 0 Å². The highest BCUT2D eigenvalue weighted by molar-refractivity contribution is 5.86. The number of hydrogen-bond acceptors (Lipinski definition) is 3. The third-order valence-electron chi connectivity index (χ3n) is 3.75. The van der Waals surface area contributed by atoms with E-state index in [9.17, 15) is 4.79 Å². The van der Waals surface area contributed by atoms with Gasteiger partial charge in [-0.15, -0.1) is 0 Å². The van der Waals surface area contributed by atoms with Gasteiger partial charge in [-0.05, 0) is 37.3 Å². The zero-order chi connectivity index (χ0) is 13.0. The van der Waals surface area contributed by atoms with Gasteiger partial charge in [0.2, 0.25) is 0 Å². The highest BCUT2D eigenvalue weighted by Gasteiger charge is 2.17. The summed E-state index contributed by atoms with van der Waals surface area (Å²) in [5.41, 5.74) is 1.11. The van der Waals surface area contributed by atoms with Gasteiger partial charge in [-0.1, -0.05) is 13.3 Å². The van der Waals surface area contributed by atoms with E-state index in [1.54, 1.807) is 12.3 Å². The van der Waals surface area contributed by atoms with Crippen LogP contribution in [-0.4, -0.2) is 29.1 Å². The average molecular weight is 248 g/mol. The maximum atomic E-state index is 10.9. The van der Waals surface area contributed by atoms with Crippen LogP contribution in [0.3, 0.4) is 0 Å². The number of pyridine rings is 1. The van der Waals surface area contributed by atoms with Gasteiger partial charge in [0.1, 0.15) is 5.69 Å². The molecule has 1 aliphatic heterocycles. The van der Waals surface area contributed by atoms with Crippen LogP contribution in [0.5, 0.6) is 0 Å². The topological polar surface area (TPSA) is 53.4 Å². The molecule has 1 unspecified atom stereocenters. The number of hydrogen-bond donors (Lipinski definition) is 1. The molecule has 1 aromatic rings. The van der Waals surface area contributed by atoms with Crippen LogP contribution >= 0.6 is 0 Å². The molecule has 0 aromatic carbocycles. The summed E-state index contributed by atoms with van der Waals surface area (Å²) < 4.78 is 0. The lowest BCUT2D eigenvalue weighted by Gasteiger charge is -2.22. The smallest absolute Gasteiger partial charge is 0.354 e. The van der Waals surface area contributed by atoms with E-state index < -0.39 is 5.97 Å². The normalized spacial score (nSPS) is 20.5. The molecule has 2 rings (SSSR count). The summed E-state index contributed by atoms with van der Waals surface area (Å²) >= 11 is 0. The van der Waals surface area contributed by atoms with Crippen LogP contribution in [0.4, 0.5) is 5.69 Å². The molecule has 0 bridgehead atoms. The summed E-state index contributed by atoms with van der Waals surface area (Å²) in [7, 11) is 0. The standard InChI is InChI=1S/C14H20N2O2/c1-2-11-4-3-8-16(9-6-11)12-5-7-15-13(10-12)14(17)18/h5,7,10-11H,2-4,6,8-9H2,1H3,(H,17,18). The number of aromatic carboxylic acids is 1. The quantitative estimate of drug-likeness (QED) is 0.893. The van der Waals surface area contributed by atoms with E-state index in [0.717, 1.165) is 24.7 Å². The van der Waals surface area contributed by atoms with Crippen LogP contribution in [0.2, 0.25) is 0 Å². The number of nitrogens with zero attached hydrogens (tertiary/aromatic N) is 2. The van der Waals surface area contributed by atoms with Crippen LogP contribution in [0.1, 0.15) is 43.1 Å². The molecule has 1 N–H and O–H groups in total. The van der Waals surface area contributed by atoms with Crippen LogP contribution in [-0.2, 0) is 0 Å². The lowest BCUT2D eigenvalue weighted by molar-refractivity contribution is 0.0690. The van der Waals surface area contributed by atoms with Crippen molar-refractivity contribution >= 4 is 11.7 Å². The highest BCUT2D eigenvalue weighted by Crippen LogP contribution is 2.24. The van der Waals surface area contributed by atoms with Crippen molar-refractivity contribution in [2.45, 2.75) is 32.6 Å². The molecule has 4 heteroatoms. The first-order valence-corrected chi connectivity index (χ1v) is 6.65. The van der Waals surface area contributed by atoms with Crippen molar-refractivity contribution in [2.75, 3.05) is 18.0 Å². The van der Waals surface area contributed by atoms with Gasteiger partial charge in [0.05, 0.1) is 0 Å². The zero-order valence-corrected chi connectivity index (χ0v) is 10.8. The highest BCUT2D eigenvalue weighted by atomic mass is 16.4. The van der Waals surface area contributed by atoms with Gasteiger partial charge in [-0.2, -0.15) is 0 Å². The number of aromatic nitrogens is 1. The van der Waals surface area contributed by atoms with E-state index in [2.05, 4.69) is 16.8 Å². The maximum Gasteiger partial charge on any atom is 0.354 e. The Hall–Kier alpha value is -1.58. The van der Waals surface area contributed by atoms with Gasteiger partial charge in [0.25, 0.3) is 0 Å². The fourth-order valence-electron chi connectivity index (χ4n) is 2.56. The third kappa shape index (κ3) is 3.00. The predicted molar refractivity (Wildman–Crippen MR) is 71.0 cm³/mol. The minimum absolute atomic E-state index is 0.129. The summed E-state index contributed by atoms with van der Waals surface area (Å²) in [4.78, 5) is 17.1. The number of carbonyl (C=O) groups is 1. The van der Waals surface area contributed by atoms with Crippen molar-refractivity contribution in [1.82, 2.24) is 4.98 Å². The molecule has 1 atom stereocenters. The molecule has 0 amide bonds. The number of carboxylic acids is 1. The van der Waals surface area contributed by atoms with Crippen LogP contribution in [0.15, 0.2) is 18.3 Å². The molecule has 98 valence electrons. The van der Waals surface area contributed by atoms with Crippen LogP contribution in [0, 0.1) is 5.92 Å². The summed E-state index contributed by atoms with van der Waals surface area (Å²) in [5, 5.41) is 8.96. The molecule has 18 heavy (non-hydrogen) atoms. The first kappa shape index (κ1) is 12.9. The van der Waals surface area contributed by atoms with E-state index in [1.807, 2.05) is 6.07 Å². The fourth-order valence-corrected chi connectivity index (χ4v) is 2.56. The second kappa shape index (κ2) is 5.85. The second-order valence-electron chi connectivity index (χ2n) is 4.90. The largest absolute Gasteiger partial charge is 0.477 e. The minimum Gasteiger partial charge on any atom is -0.477 e. The molecular weight excluding hydrogens is 228 g/mol. The van der Waals surface area contributed by atoms with Gasteiger partial charge in [0, 0.05) is 25.0 Å². The maximum absolute atomic E-state index is 10.9. The fraction of sp³-hybridized carbons (Fsp3) is 0.571.